The number of carboxylic acid groups (broad SMARTS) is 1. The van der Waals surface area contributed by atoms with Gasteiger partial charge in [-0.3, -0.25) is 14.6 Å². The number of nitrogens with one attached hydrogen (secondary N) is 1. The molecule has 0 unspecified atom stereocenters. The lowest BCUT2D eigenvalue weighted by molar-refractivity contribution is -0.144. The van der Waals surface area contributed by atoms with E-state index in [-0.39, 0.29) is 6.61 Å². The topological polar surface area (TPSA) is 89.0 Å². The van der Waals surface area contributed by atoms with E-state index in [9.17, 15) is 15.0 Å². The molecule has 1 atom stereocenters. The van der Waals surface area contributed by atoms with Gasteiger partial charge in [-0.1, -0.05) is 23.7 Å². The molecule has 4 rings (SSSR count). The Labute approximate surface area is 185 Å². The number of ether oxygens (including phenoxy) is 1. The van der Waals surface area contributed by atoms with Crippen molar-refractivity contribution >= 4 is 28.5 Å². The molecule has 0 amide bonds. The molecule has 7 nitrogen and oxygen atoms in total. The van der Waals surface area contributed by atoms with Crippen molar-refractivity contribution in [2.45, 2.75) is 12.6 Å². The Balaban J connectivity index is 1.36. The largest absolute Gasteiger partial charge is 0.492 e. The van der Waals surface area contributed by atoms with Gasteiger partial charge in [-0.2, -0.15) is 0 Å². The Morgan fingerprint density at radius 2 is 1.87 bits per heavy atom. The van der Waals surface area contributed by atoms with Gasteiger partial charge in [0.15, 0.2) is 0 Å². The minimum atomic E-state index is -0.855. The number of halogens is 1. The number of nitrogens with zero attached hydrogens (tertiary/aromatic N) is 2. The van der Waals surface area contributed by atoms with Crippen molar-refractivity contribution in [2.75, 3.05) is 39.3 Å². The number of carbonyl (C=O) groups is 1. The molecule has 8 heteroatoms. The molecule has 2 aromatic carbocycles. The number of H-pyrrole nitrogens is 1. The van der Waals surface area contributed by atoms with Gasteiger partial charge in [0, 0.05) is 60.4 Å². The molecule has 1 aliphatic heterocycles. The number of piperazine rings is 1. The summed E-state index contributed by atoms with van der Waals surface area (Å²) in [5, 5.41) is 20.9. The van der Waals surface area contributed by atoms with Crippen molar-refractivity contribution in [3.05, 3.63) is 64.8 Å². The molecule has 3 N–H and O–H groups in total. The van der Waals surface area contributed by atoms with Crippen LogP contribution in [-0.2, 0) is 11.4 Å². The van der Waals surface area contributed by atoms with Gasteiger partial charge in [-0.15, -0.1) is 0 Å². The number of fused-ring (bicyclic) bond motifs is 1. The highest BCUT2D eigenvalue weighted by molar-refractivity contribution is 6.30. The quantitative estimate of drug-likeness (QED) is 0.495. The van der Waals surface area contributed by atoms with Crippen molar-refractivity contribution < 1.29 is 19.7 Å². The Hall–Kier alpha value is -2.58. The number of aromatic nitrogens is 1. The number of carboxylic acids is 1. The van der Waals surface area contributed by atoms with Gasteiger partial charge in [-0.25, -0.2) is 0 Å². The van der Waals surface area contributed by atoms with Gasteiger partial charge < -0.3 is 19.9 Å². The third-order valence-electron chi connectivity index (χ3n) is 5.75. The minimum Gasteiger partial charge on any atom is -0.492 e. The first-order valence-corrected chi connectivity index (χ1v) is 10.7. The maximum Gasteiger partial charge on any atom is 0.325 e. The van der Waals surface area contributed by atoms with E-state index >= 15 is 0 Å². The van der Waals surface area contributed by atoms with Crippen LogP contribution in [0.4, 0.5) is 0 Å². The fourth-order valence-corrected chi connectivity index (χ4v) is 4.20. The number of benzene rings is 2. The molecule has 31 heavy (non-hydrogen) atoms. The van der Waals surface area contributed by atoms with Gasteiger partial charge in [-0.05, 0) is 35.9 Å². The molecule has 2 heterocycles. The van der Waals surface area contributed by atoms with Gasteiger partial charge >= 0.3 is 5.97 Å². The molecular formula is C23H26ClN3O4. The van der Waals surface area contributed by atoms with Gasteiger partial charge in [0.05, 0.1) is 6.61 Å². The average Bonchev–Trinajstić information content (AvgIpc) is 3.19. The number of rotatable bonds is 8. The summed E-state index contributed by atoms with van der Waals surface area (Å²) in [5.41, 5.74) is 2.39. The number of hydrogen-bond acceptors (Lipinski definition) is 5. The lowest BCUT2D eigenvalue weighted by Gasteiger charge is -2.37. The summed E-state index contributed by atoms with van der Waals surface area (Å²) in [4.78, 5) is 19.6. The van der Waals surface area contributed by atoms with E-state index in [2.05, 4.69) is 9.88 Å². The van der Waals surface area contributed by atoms with Crippen LogP contribution in [0.2, 0.25) is 5.02 Å². The predicted molar refractivity (Wildman–Crippen MR) is 120 cm³/mol. The molecule has 1 saturated heterocycles. The zero-order chi connectivity index (χ0) is 21.8. The van der Waals surface area contributed by atoms with Gasteiger partial charge in [0.2, 0.25) is 0 Å². The van der Waals surface area contributed by atoms with E-state index in [0.717, 1.165) is 47.4 Å². The first-order chi connectivity index (χ1) is 15.0. The zero-order valence-electron chi connectivity index (χ0n) is 17.1. The molecule has 0 spiro atoms. The molecule has 3 aromatic rings. The van der Waals surface area contributed by atoms with Crippen LogP contribution < -0.4 is 4.74 Å². The summed E-state index contributed by atoms with van der Waals surface area (Å²) in [7, 11) is 0. The average molecular weight is 444 g/mol. The van der Waals surface area contributed by atoms with E-state index in [4.69, 9.17) is 16.3 Å². The molecular weight excluding hydrogens is 418 g/mol. The molecule has 1 aliphatic rings. The summed E-state index contributed by atoms with van der Waals surface area (Å²) in [6, 6.07) is 12.2. The summed E-state index contributed by atoms with van der Waals surface area (Å²) in [6.07, 6.45) is 1.77. The maximum atomic E-state index is 12.2. The Bertz CT molecular complexity index is 1030. The minimum absolute atomic E-state index is 0.0453. The number of aliphatic hydroxyl groups excluding tert-OH is 1. The van der Waals surface area contributed by atoms with Crippen molar-refractivity contribution in [1.29, 1.82) is 0 Å². The predicted octanol–water partition coefficient (Wildman–Crippen LogP) is 3.14. The third-order valence-corrected chi connectivity index (χ3v) is 6.00. The maximum absolute atomic E-state index is 12.2. The highest BCUT2D eigenvalue weighted by Gasteiger charge is 2.32. The van der Waals surface area contributed by atoms with Crippen molar-refractivity contribution in [1.82, 2.24) is 14.8 Å². The SMILES string of the molecule is O=C(O)[C@H](c1c[nH]c2cc(CO)ccc12)N1CCN(CCOc2ccc(Cl)cc2)CC1. The highest BCUT2D eigenvalue weighted by atomic mass is 35.5. The fraction of sp³-hybridized carbons (Fsp3) is 0.348. The highest BCUT2D eigenvalue weighted by Crippen LogP contribution is 2.30. The lowest BCUT2D eigenvalue weighted by atomic mass is 10.0. The molecule has 1 aromatic heterocycles. The Kier molecular flexibility index (Phi) is 6.77. The van der Waals surface area contributed by atoms with Crippen LogP contribution in [0.5, 0.6) is 5.75 Å². The summed E-state index contributed by atoms with van der Waals surface area (Å²) in [5.74, 6) is -0.0654. The second kappa shape index (κ2) is 9.70. The van der Waals surface area contributed by atoms with Crippen molar-refractivity contribution in [2.24, 2.45) is 0 Å². The molecule has 0 bridgehead atoms. The normalized spacial score (nSPS) is 16.5. The van der Waals surface area contributed by atoms with Crippen LogP contribution >= 0.6 is 11.6 Å². The van der Waals surface area contributed by atoms with Crippen LogP contribution in [0.3, 0.4) is 0 Å². The number of aromatic amines is 1. The monoisotopic (exact) mass is 443 g/mol. The summed E-state index contributed by atoms with van der Waals surface area (Å²) >= 11 is 5.89. The second-order valence-electron chi connectivity index (χ2n) is 7.70. The van der Waals surface area contributed by atoms with E-state index in [1.54, 1.807) is 18.3 Å². The van der Waals surface area contributed by atoms with Crippen LogP contribution in [0.15, 0.2) is 48.7 Å². The number of aliphatic carboxylic acids is 1. The molecule has 164 valence electrons. The van der Waals surface area contributed by atoms with Crippen LogP contribution in [0, 0.1) is 0 Å². The van der Waals surface area contributed by atoms with E-state index in [1.807, 2.05) is 35.2 Å². The summed E-state index contributed by atoms with van der Waals surface area (Å²) < 4.78 is 5.77. The van der Waals surface area contributed by atoms with E-state index in [0.29, 0.717) is 24.7 Å². The van der Waals surface area contributed by atoms with Crippen LogP contribution in [-0.4, -0.2) is 70.3 Å². The Morgan fingerprint density at radius 1 is 1.13 bits per heavy atom. The first kappa shape index (κ1) is 21.6. The van der Waals surface area contributed by atoms with E-state index in [1.165, 1.54) is 0 Å². The standard InChI is InChI=1S/C23H26ClN3O4/c24-17-2-4-18(5-3-17)31-12-11-26-7-9-27(10-8-26)22(23(29)30)20-14-25-21-13-16(15-28)1-6-19(20)21/h1-6,13-14,22,25,28H,7-12,15H2,(H,29,30)/t22-/m0/s1. The van der Waals surface area contributed by atoms with Gasteiger partial charge in [0.1, 0.15) is 18.4 Å². The van der Waals surface area contributed by atoms with Crippen molar-refractivity contribution in [3.8, 4) is 5.75 Å². The van der Waals surface area contributed by atoms with Crippen molar-refractivity contribution in [3.63, 3.8) is 0 Å². The summed E-state index contributed by atoms with van der Waals surface area (Å²) in [6.45, 7) is 4.20. The number of hydrogen-bond donors (Lipinski definition) is 3. The smallest absolute Gasteiger partial charge is 0.325 e. The van der Waals surface area contributed by atoms with Crippen LogP contribution in [0.25, 0.3) is 10.9 Å². The fourth-order valence-electron chi connectivity index (χ4n) is 4.07. The van der Waals surface area contributed by atoms with Crippen LogP contribution in [0.1, 0.15) is 17.2 Å². The lowest BCUT2D eigenvalue weighted by Crippen LogP contribution is -2.50. The molecule has 0 aliphatic carbocycles. The second-order valence-corrected chi connectivity index (χ2v) is 8.14. The number of aliphatic hydroxyl groups is 1. The third kappa shape index (κ3) is 5.02. The first-order valence-electron chi connectivity index (χ1n) is 10.3. The van der Waals surface area contributed by atoms with Gasteiger partial charge in [0.25, 0.3) is 0 Å². The molecule has 0 radical (unpaired) electrons. The molecule has 0 saturated carbocycles. The zero-order valence-corrected chi connectivity index (χ0v) is 17.9. The van der Waals surface area contributed by atoms with E-state index < -0.39 is 12.0 Å². The Morgan fingerprint density at radius 3 is 2.55 bits per heavy atom. The molecule has 1 fully saturated rings.